The summed E-state index contributed by atoms with van der Waals surface area (Å²) < 4.78 is 9.92. The quantitative estimate of drug-likeness (QED) is 0.857. The molecule has 0 radical (unpaired) electrons. The van der Waals surface area contributed by atoms with Crippen LogP contribution in [0.1, 0.15) is 24.3 Å². The number of thiazole rings is 1. The second-order valence-corrected chi connectivity index (χ2v) is 5.59. The number of nitrogens with one attached hydrogen (secondary N) is 1. The van der Waals surface area contributed by atoms with Crippen molar-refractivity contribution in [1.29, 1.82) is 0 Å². The molecule has 0 aromatic carbocycles. The summed E-state index contributed by atoms with van der Waals surface area (Å²) in [5.74, 6) is -0.356. The Labute approximate surface area is 126 Å². The molecular formula is C14H16N2O4S. The van der Waals surface area contributed by atoms with Crippen LogP contribution < -0.4 is 5.32 Å². The van der Waals surface area contributed by atoms with E-state index in [0.717, 1.165) is 0 Å². The Morgan fingerprint density at radius 2 is 2.19 bits per heavy atom. The van der Waals surface area contributed by atoms with Crippen molar-refractivity contribution in [2.45, 2.75) is 19.9 Å². The van der Waals surface area contributed by atoms with E-state index in [1.807, 2.05) is 13.8 Å². The maximum Gasteiger partial charge on any atom is 0.328 e. The van der Waals surface area contributed by atoms with Crippen LogP contribution in [0.25, 0.3) is 10.8 Å². The first-order valence-corrected chi connectivity index (χ1v) is 7.29. The Bertz CT molecular complexity index is 619. The van der Waals surface area contributed by atoms with Crippen molar-refractivity contribution in [2.24, 2.45) is 5.92 Å². The number of nitrogens with zero attached hydrogens (tertiary/aromatic N) is 1. The van der Waals surface area contributed by atoms with Crippen LogP contribution in [0.15, 0.2) is 28.2 Å². The van der Waals surface area contributed by atoms with Crippen LogP contribution in [0.5, 0.6) is 0 Å². The minimum atomic E-state index is -0.698. The van der Waals surface area contributed by atoms with Crippen LogP contribution in [0, 0.1) is 5.92 Å². The van der Waals surface area contributed by atoms with Crippen LogP contribution in [0.3, 0.4) is 0 Å². The lowest BCUT2D eigenvalue weighted by Crippen LogP contribution is -2.45. The lowest BCUT2D eigenvalue weighted by atomic mass is 10.0. The van der Waals surface area contributed by atoms with Gasteiger partial charge in [0.15, 0.2) is 10.8 Å². The fraction of sp³-hybridized carbons (Fsp3) is 0.357. The third-order valence-electron chi connectivity index (χ3n) is 2.88. The van der Waals surface area contributed by atoms with E-state index in [-0.39, 0.29) is 11.6 Å². The van der Waals surface area contributed by atoms with Crippen molar-refractivity contribution in [2.75, 3.05) is 7.11 Å². The van der Waals surface area contributed by atoms with Gasteiger partial charge in [0.1, 0.15) is 11.7 Å². The molecule has 0 saturated heterocycles. The molecule has 0 fully saturated rings. The molecule has 2 aromatic heterocycles. The number of carbonyl (C=O) groups excluding carboxylic acids is 2. The van der Waals surface area contributed by atoms with Gasteiger partial charge in [-0.1, -0.05) is 13.8 Å². The highest BCUT2D eigenvalue weighted by Crippen LogP contribution is 2.24. The maximum atomic E-state index is 12.2. The van der Waals surface area contributed by atoms with E-state index in [9.17, 15) is 9.59 Å². The van der Waals surface area contributed by atoms with E-state index < -0.39 is 17.9 Å². The SMILES string of the molecule is COC(=O)C(NC(=O)c1csc(-c2ccco2)n1)C(C)C. The average Bonchev–Trinajstić information content (AvgIpc) is 3.12. The van der Waals surface area contributed by atoms with Crippen molar-refractivity contribution in [1.82, 2.24) is 10.3 Å². The van der Waals surface area contributed by atoms with Gasteiger partial charge in [0.25, 0.3) is 5.91 Å². The highest BCUT2D eigenvalue weighted by molar-refractivity contribution is 7.13. The summed E-state index contributed by atoms with van der Waals surface area (Å²) in [5.41, 5.74) is 0.251. The van der Waals surface area contributed by atoms with E-state index in [1.165, 1.54) is 18.4 Å². The molecular weight excluding hydrogens is 292 g/mol. The lowest BCUT2D eigenvalue weighted by molar-refractivity contribution is -0.144. The van der Waals surface area contributed by atoms with Crippen LogP contribution in [-0.2, 0) is 9.53 Å². The predicted octanol–water partition coefficient (Wildman–Crippen LogP) is 2.33. The van der Waals surface area contributed by atoms with Crippen molar-refractivity contribution < 1.29 is 18.7 Å². The summed E-state index contributed by atoms with van der Waals surface area (Å²) in [6.45, 7) is 3.66. The van der Waals surface area contributed by atoms with Crippen molar-refractivity contribution in [3.05, 3.63) is 29.5 Å². The van der Waals surface area contributed by atoms with Gasteiger partial charge < -0.3 is 14.5 Å². The Morgan fingerprint density at radius 3 is 2.76 bits per heavy atom. The lowest BCUT2D eigenvalue weighted by Gasteiger charge is -2.19. The molecule has 112 valence electrons. The van der Waals surface area contributed by atoms with Gasteiger partial charge in [0, 0.05) is 5.38 Å². The summed E-state index contributed by atoms with van der Waals surface area (Å²) >= 11 is 1.30. The first kappa shape index (κ1) is 15.2. The van der Waals surface area contributed by atoms with Gasteiger partial charge in [-0.25, -0.2) is 9.78 Å². The molecule has 0 aliphatic rings. The predicted molar refractivity (Wildman–Crippen MR) is 77.9 cm³/mol. The second-order valence-electron chi connectivity index (χ2n) is 4.73. The number of esters is 1. The second kappa shape index (κ2) is 6.53. The zero-order chi connectivity index (χ0) is 15.4. The number of carbonyl (C=O) groups is 2. The molecule has 7 heteroatoms. The number of ether oxygens (including phenoxy) is 1. The molecule has 0 bridgehead atoms. The van der Waals surface area contributed by atoms with E-state index in [4.69, 9.17) is 4.42 Å². The number of rotatable bonds is 5. The average molecular weight is 308 g/mol. The Balaban J connectivity index is 2.11. The fourth-order valence-corrected chi connectivity index (χ4v) is 2.50. The van der Waals surface area contributed by atoms with Crippen LogP contribution in [-0.4, -0.2) is 30.0 Å². The molecule has 0 aliphatic carbocycles. The summed E-state index contributed by atoms with van der Waals surface area (Å²) in [6, 6.07) is 2.82. The largest absolute Gasteiger partial charge is 0.467 e. The smallest absolute Gasteiger partial charge is 0.328 e. The van der Waals surface area contributed by atoms with Gasteiger partial charge in [-0.2, -0.15) is 0 Å². The van der Waals surface area contributed by atoms with Gasteiger partial charge in [0.05, 0.1) is 13.4 Å². The molecule has 1 unspecified atom stereocenters. The maximum absolute atomic E-state index is 12.2. The molecule has 2 rings (SSSR count). The molecule has 6 nitrogen and oxygen atoms in total. The van der Waals surface area contributed by atoms with Crippen LogP contribution in [0.2, 0.25) is 0 Å². The summed E-state index contributed by atoms with van der Waals surface area (Å²) in [6.07, 6.45) is 1.54. The van der Waals surface area contributed by atoms with Crippen molar-refractivity contribution in [3.8, 4) is 10.8 Å². The number of aromatic nitrogens is 1. The molecule has 0 aliphatic heterocycles. The van der Waals surface area contributed by atoms with E-state index in [0.29, 0.717) is 10.8 Å². The van der Waals surface area contributed by atoms with Gasteiger partial charge in [-0.3, -0.25) is 4.79 Å². The van der Waals surface area contributed by atoms with E-state index in [1.54, 1.807) is 23.8 Å². The third kappa shape index (κ3) is 3.49. The zero-order valence-electron chi connectivity index (χ0n) is 12.0. The Kier molecular flexibility index (Phi) is 4.74. The normalized spacial score (nSPS) is 12.2. The van der Waals surface area contributed by atoms with Crippen LogP contribution >= 0.6 is 11.3 Å². The Hall–Kier alpha value is -2.15. The van der Waals surface area contributed by atoms with E-state index in [2.05, 4.69) is 15.0 Å². The number of hydrogen-bond acceptors (Lipinski definition) is 6. The van der Waals surface area contributed by atoms with Gasteiger partial charge >= 0.3 is 5.97 Å². The minimum Gasteiger partial charge on any atom is -0.467 e. The minimum absolute atomic E-state index is 0.0791. The Morgan fingerprint density at radius 1 is 1.43 bits per heavy atom. The standard InChI is InChI=1S/C14H16N2O4S/c1-8(2)11(14(18)19-3)16-12(17)9-7-21-13(15-9)10-5-4-6-20-10/h4-8,11H,1-3H3,(H,16,17). The summed E-state index contributed by atoms with van der Waals surface area (Å²) in [7, 11) is 1.29. The molecule has 1 atom stereocenters. The van der Waals surface area contributed by atoms with Gasteiger partial charge in [0.2, 0.25) is 0 Å². The molecule has 0 saturated carbocycles. The summed E-state index contributed by atoms with van der Waals surface area (Å²) in [4.78, 5) is 28.0. The van der Waals surface area contributed by atoms with Gasteiger partial charge in [-0.15, -0.1) is 11.3 Å². The van der Waals surface area contributed by atoms with Crippen molar-refractivity contribution in [3.63, 3.8) is 0 Å². The summed E-state index contributed by atoms with van der Waals surface area (Å²) in [5, 5.41) is 4.88. The number of hydrogen-bond donors (Lipinski definition) is 1. The topological polar surface area (TPSA) is 81.4 Å². The third-order valence-corrected chi connectivity index (χ3v) is 3.73. The highest BCUT2D eigenvalue weighted by Gasteiger charge is 2.26. The number of methoxy groups -OCH3 is 1. The highest BCUT2D eigenvalue weighted by atomic mass is 32.1. The fourth-order valence-electron chi connectivity index (χ4n) is 1.73. The van der Waals surface area contributed by atoms with Crippen molar-refractivity contribution >= 4 is 23.2 Å². The zero-order valence-corrected chi connectivity index (χ0v) is 12.8. The molecule has 2 aromatic rings. The van der Waals surface area contributed by atoms with Crippen LogP contribution in [0.4, 0.5) is 0 Å². The molecule has 2 heterocycles. The molecule has 1 amide bonds. The molecule has 0 spiro atoms. The van der Waals surface area contributed by atoms with Gasteiger partial charge in [-0.05, 0) is 18.1 Å². The van der Waals surface area contributed by atoms with E-state index >= 15 is 0 Å². The molecule has 1 N–H and O–H groups in total. The first-order chi connectivity index (χ1) is 10.0. The number of amides is 1. The monoisotopic (exact) mass is 308 g/mol. The number of furan rings is 1. The first-order valence-electron chi connectivity index (χ1n) is 6.41. The molecule has 21 heavy (non-hydrogen) atoms.